The second-order valence-corrected chi connectivity index (χ2v) is 6.74. The Morgan fingerprint density at radius 2 is 1.95 bits per heavy atom. The third-order valence-corrected chi connectivity index (χ3v) is 4.44. The van der Waals surface area contributed by atoms with E-state index in [1.807, 2.05) is 7.11 Å². The molecule has 2 nitrogen and oxygen atoms in total. The summed E-state index contributed by atoms with van der Waals surface area (Å²) in [6.07, 6.45) is 7.71. The molecule has 112 valence electrons. The zero-order valence-corrected chi connectivity index (χ0v) is 13.2. The summed E-state index contributed by atoms with van der Waals surface area (Å²) in [6, 6.07) is 11.4. The molecule has 0 amide bonds. The maximum absolute atomic E-state index is 5.53. The first-order valence-corrected chi connectivity index (χ1v) is 7.93. The highest BCUT2D eigenvalue weighted by Crippen LogP contribution is 2.24. The van der Waals surface area contributed by atoms with Gasteiger partial charge in [-0.15, -0.1) is 0 Å². The first-order chi connectivity index (χ1) is 9.59. The van der Waals surface area contributed by atoms with Gasteiger partial charge in [0.05, 0.1) is 6.10 Å². The largest absolute Gasteiger partial charge is 0.381 e. The maximum Gasteiger partial charge on any atom is 0.0586 e. The van der Waals surface area contributed by atoms with E-state index >= 15 is 0 Å². The summed E-state index contributed by atoms with van der Waals surface area (Å²) >= 11 is 0. The lowest BCUT2D eigenvalue weighted by Crippen LogP contribution is -2.48. The number of nitrogens with one attached hydrogen (secondary N) is 1. The summed E-state index contributed by atoms with van der Waals surface area (Å²) in [4.78, 5) is 0. The number of aryl methyl sites for hydroxylation is 1. The molecule has 0 bridgehead atoms. The lowest BCUT2D eigenvalue weighted by atomic mass is 9.88. The quantitative estimate of drug-likeness (QED) is 0.849. The molecule has 1 aliphatic rings. The summed E-state index contributed by atoms with van der Waals surface area (Å²) in [5.41, 5.74) is 1.62. The Balaban J connectivity index is 1.81. The standard InChI is InChI=1S/C18H29NO/c1-18(2,13-12-15-8-5-4-6-9-15)19-16-10-7-11-17(14-16)20-3/h4-6,8-9,16-17,19H,7,10-14H2,1-3H3. The zero-order valence-electron chi connectivity index (χ0n) is 13.2. The number of benzene rings is 1. The average molecular weight is 275 g/mol. The highest BCUT2D eigenvalue weighted by molar-refractivity contribution is 5.15. The molecule has 2 atom stereocenters. The molecule has 2 rings (SSSR count). The Labute approximate surface area is 123 Å². The lowest BCUT2D eigenvalue weighted by Gasteiger charge is -2.36. The second kappa shape index (κ2) is 7.24. The van der Waals surface area contributed by atoms with E-state index in [1.165, 1.54) is 31.2 Å². The number of methoxy groups -OCH3 is 1. The van der Waals surface area contributed by atoms with Gasteiger partial charge in [0.15, 0.2) is 0 Å². The van der Waals surface area contributed by atoms with Gasteiger partial charge in [-0.3, -0.25) is 0 Å². The van der Waals surface area contributed by atoms with Crippen LogP contribution in [0.25, 0.3) is 0 Å². The Kier molecular flexibility index (Phi) is 5.62. The van der Waals surface area contributed by atoms with E-state index in [1.54, 1.807) is 0 Å². The van der Waals surface area contributed by atoms with Crippen LogP contribution in [0, 0.1) is 0 Å². The smallest absolute Gasteiger partial charge is 0.0586 e. The van der Waals surface area contributed by atoms with Crippen LogP contribution in [0.15, 0.2) is 30.3 Å². The predicted octanol–water partition coefficient (Wildman–Crippen LogP) is 3.95. The van der Waals surface area contributed by atoms with Crippen molar-refractivity contribution in [2.75, 3.05) is 7.11 Å². The van der Waals surface area contributed by atoms with Crippen LogP contribution in [0.1, 0.15) is 51.5 Å². The first-order valence-electron chi connectivity index (χ1n) is 7.93. The topological polar surface area (TPSA) is 21.3 Å². The molecule has 1 fully saturated rings. The number of hydrogen-bond donors (Lipinski definition) is 1. The number of hydrogen-bond acceptors (Lipinski definition) is 2. The van der Waals surface area contributed by atoms with Crippen molar-refractivity contribution in [2.24, 2.45) is 0 Å². The van der Waals surface area contributed by atoms with E-state index in [2.05, 4.69) is 49.5 Å². The van der Waals surface area contributed by atoms with Crippen molar-refractivity contribution >= 4 is 0 Å². The normalized spacial score (nSPS) is 23.8. The van der Waals surface area contributed by atoms with Crippen molar-refractivity contribution in [3.63, 3.8) is 0 Å². The molecule has 2 heteroatoms. The SMILES string of the molecule is COC1CCCC(NC(C)(C)CCc2ccccc2)C1. The Morgan fingerprint density at radius 3 is 2.65 bits per heavy atom. The fraction of sp³-hybridized carbons (Fsp3) is 0.667. The van der Waals surface area contributed by atoms with Crippen molar-refractivity contribution in [1.29, 1.82) is 0 Å². The van der Waals surface area contributed by atoms with Gasteiger partial charge in [0.25, 0.3) is 0 Å². The Morgan fingerprint density at radius 1 is 1.20 bits per heavy atom. The molecule has 1 aromatic carbocycles. The molecular weight excluding hydrogens is 246 g/mol. The van der Waals surface area contributed by atoms with E-state index in [4.69, 9.17) is 4.74 Å². The molecule has 0 heterocycles. The molecule has 20 heavy (non-hydrogen) atoms. The monoisotopic (exact) mass is 275 g/mol. The fourth-order valence-electron chi connectivity index (χ4n) is 3.22. The van der Waals surface area contributed by atoms with Gasteiger partial charge in [-0.05, 0) is 57.9 Å². The minimum absolute atomic E-state index is 0.191. The third-order valence-electron chi connectivity index (χ3n) is 4.44. The van der Waals surface area contributed by atoms with E-state index < -0.39 is 0 Å². The molecule has 2 unspecified atom stereocenters. The summed E-state index contributed by atoms with van der Waals surface area (Å²) in [5, 5.41) is 3.85. The van der Waals surface area contributed by atoms with Crippen molar-refractivity contribution in [1.82, 2.24) is 5.32 Å². The van der Waals surface area contributed by atoms with Crippen LogP contribution in [0.3, 0.4) is 0 Å². The lowest BCUT2D eigenvalue weighted by molar-refractivity contribution is 0.0535. The maximum atomic E-state index is 5.53. The number of ether oxygens (including phenoxy) is 1. The van der Waals surface area contributed by atoms with Crippen LogP contribution >= 0.6 is 0 Å². The molecule has 1 aromatic rings. The van der Waals surface area contributed by atoms with Gasteiger partial charge in [0, 0.05) is 18.7 Å². The van der Waals surface area contributed by atoms with E-state index in [-0.39, 0.29) is 5.54 Å². The molecule has 1 N–H and O–H groups in total. The van der Waals surface area contributed by atoms with Crippen molar-refractivity contribution in [3.05, 3.63) is 35.9 Å². The van der Waals surface area contributed by atoms with Gasteiger partial charge in [0.1, 0.15) is 0 Å². The van der Waals surface area contributed by atoms with Crippen LogP contribution in [0.5, 0.6) is 0 Å². The third kappa shape index (κ3) is 4.92. The molecule has 1 saturated carbocycles. The summed E-state index contributed by atoms with van der Waals surface area (Å²) in [6.45, 7) is 4.65. The molecule has 0 aromatic heterocycles. The highest BCUT2D eigenvalue weighted by Gasteiger charge is 2.27. The zero-order chi connectivity index (χ0) is 14.4. The van der Waals surface area contributed by atoms with Crippen molar-refractivity contribution < 1.29 is 4.74 Å². The Hall–Kier alpha value is -0.860. The molecule has 1 aliphatic carbocycles. The van der Waals surface area contributed by atoms with Gasteiger partial charge in [-0.25, -0.2) is 0 Å². The average Bonchev–Trinajstić information content (AvgIpc) is 2.46. The Bertz CT molecular complexity index is 388. The van der Waals surface area contributed by atoms with E-state index in [0.29, 0.717) is 12.1 Å². The van der Waals surface area contributed by atoms with Crippen LogP contribution in [-0.2, 0) is 11.2 Å². The van der Waals surface area contributed by atoms with Gasteiger partial charge < -0.3 is 10.1 Å². The van der Waals surface area contributed by atoms with Crippen molar-refractivity contribution in [2.45, 2.75) is 70.1 Å². The minimum Gasteiger partial charge on any atom is -0.381 e. The van der Waals surface area contributed by atoms with Crippen LogP contribution in [0.4, 0.5) is 0 Å². The second-order valence-electron chi connectivity index (χ2n) is 6.74. The molecule has 0 saturated heterocycles. The summed E-state index contributed by atoms with van der Waals surface area (Å²) < 4.78 is 5.53. The summed E-state index contributed by atoms with van der Waals surface area (Å²) in [7, 11) is 1.84. The fourth-order valence-corrected chi connectivity index (χ4v) is 3.22. The molecular formula is C18H29NO. The number of rotatable bonds is 6. The molecule has 0 aliphatic heterocycles. The molecule has 0 spiro atoms. The van der Waals surface area contributed by atoms with Gasteiger partial charge in [0.2, 0.25) is 0 Å². The summed E-state index contributed by atoms with van der Waals surface area (Å²) in [5.74, 6) is 0. The minimum atomic E-state index is 0.191. The first kappa shape index (κ1) is 15.5. The van der Waals surface area contributed by atoms with Crippen LogP contribution < -0.4 is 5.32 Å². The van der Waals surface area contributed by atoms with Gasteiger partial charge in [-0.1, -0.05) is 30.3 Å². The predicted molar refractivity (Wildman–Crippen MR) is 85.0 cm³/mol. The molecule has 0 radical (unpaired) electrons. The van der Waals surface area contributed by atoms with Crippen molar-refractivity contribution in [3.8, 4) is 0 Å². The van der Waals surface area contributed by atoms with Gasteiger partial charge in [-0.2, -0.15) is 0 Å². The van der Waals surface area contributed by atoms with E-state index in [9.17, 15) is 0 Å². The van der Waals surface area contributed by atoms with Crippen LogP contribution in [0.2, 0.25) is 0 Å². The van der Waals surface area contributed by atoms with Crippen LogP contribution in [-0.4, -0.2) is 24.8 Å². The highest BCUT2D eigenvalue weighted by atomic mass is 16.5. The van der Waals surface area contributed by atoms with E-state index in [0.717, 1.165) is 12.8 Å². The van der Waals surface area contributed by atoms with Gasteiger partial charge >= 0.3 is 0 Å².